The molecule has 4 heteroatoms. The van der Waals surface area contributed by atoms with E-state index in [4.69, 9.17) is 10.5 Å². The number of thioether (sulfide) groups is 1. The second kappa shape index (κ2) is 6.59. The van der Waals surface area contributed by atoms with Crippen LogP contribution in [0, 0.1) is 5.82 Å². The van der Waals surface area contributed by atoms with Gasteiger partial charge in [-0.1, -0.05) is 18.2 Å². The van der Waals surface area contributed by atoms with Crippen LogP contribution in [0.4, 0.5) is 4.39 Å². The molecule has 0 aliphatic rings. The minimum atomic E-state index is -0.207. The largest absolute Gasteiger partial charge is 0.496 e. The first-order valence-electron chi connectivity index (χ1n) is 5.97. The number of halogens is 1. The summed E-state index contributed by atoms with van der Waals surface area (Å²) >= 11 is 1.59. The van der Waals surface area contributed by atoms with E-state index < -0.39 is 0 Å². The summed E-state index contributed by atoms with van der Waals surface area (Å²) in [7, 11) is 1.64. The Labute approximate surface area is 116 Å². The Morgan fingerprint density at radius 1 is 1.21 bits per heavy atom. The molecule has 0 saturated carbocycles. The van der Waals surface area contributed by atoms with E-state index in [-0.39, 0.29) is 5.82 Å². The zero-order valence-corrected chi connectivity index (χ0v) is 11.5. The first-order valence-corrected chi connectivity index (χ1v) is 6.95. The summed E-state index contributed by atoms with van der Waals surface area (Å²) in [6, 6.07) is 12.6. The number of ether oxygens (including phenoxy) is 1. The van der Waals surface area contributed by atoms with E-state index in [0.717, 1.165) is 27.5 Å². The monoisotopic (exact) mass is 277 g/mol. The zero-order chi connectivity index (χ0) is 13.7. The van der Waals surface area contributed by atoms with Crippen molar-refractivity contribution in [1.29, 1.82) is 0 Å². The highest BCUT2D eigenvalue weighted by Crippen LogP contribution is 2.26. The lowest BCUT2D eigenvalue weighted by molar-refractivity contribution is 0.409. The van der Waals surface area contributed by atoms with Crippen LogP contribution < -0.4 is 10.5 Å². The van der Waals surface area contributed by atoms with E-state index >= 15 is 0 Å². The molecule has 2 aromatic carbocycles. The van der Waals surface area contributed by atoms with Gasteiger partial charge in [0.2, 0.25) is 0 Å². The smallest absolute Gasteiger partial charge is 0.124 e. The van der Waals surface area contributed by atoms with Crippen LogP contribution in [0.3, 0.4) is 0 Å². The van der Waals surface area contributed by atoms with E-state index in [1.54, 1.807) is 24.9 Å². The van der Waals surface area contributed by atoms with Crippen LogP contribution in [0.15, 0.2) is 47.4 Å². The van der Waals surface area contributed by atoms with Crippen molar-refractivity contribution in [1.82, 2.24) is 0 Å². The lowest BCUT2D eigenvalue weighted by Crippen LogP contribution is -2.00. The zero-order valence-electron chi connectivity index (χ0n) is 10.7. The SMILES string of the molecule is COc1cc(CSc2cccc(F)c2)ccc1CN. The Hall–Kier alpha value is -1.52. The highest BCUT2D eigenvalue weighted by Gasteiger charge is 2.04. The molecule has 2 N–H and O–H groups in total. The van der Waals surface area contributed by atoms with Gasteiger partial charge in [0.1, 0.15) is 11.6 Å². The molecule has 100 valence electrons. The molecule has 0 fully saturated rings. The Balaban J connectivity index is 2.07. The summed E-state index contributed by atoms with van der Waals surface area (Å²) in [5.41, 5.74) is 7.75. The molecule has 0 heterocycles. The summed E-state index contributed by atoms with van der Waals surface area (Å²) in [5.74, 6) is 1.37. The van der Waals surface area contributed by atoms with Crippen LogP contribution >= 0.6 is 11.8 Å². The second-order valence-corrected chi connectivity index (χ2v) is 5.15. The standard InChI is InChI=1S/C15H16FNOS/c1-18-15-7-11(5-6-12(15)9-17)10-19-14-4-2-3-13(16)8-14/h2-8H,9-10,17H2,1H3. The highest BCUT2D eigenvalue weighted by atomic mass is 32.2. The van der Waals surface area contributed by atoms with Crippen LogP contribution in [0.25, 0.3) is 0 Å². The molecule has 2 rings (SSSR count). The van der Waals surface area contributed by atoms with Crippen molar-refractivity contribution in [3.05, 3.63) is 59.4 Å². The van der Waals surface area contributed by atoms with Crippen molar-refractivity contribution >= 4 is 11.8 Å². The molecule has 2 nitrogen and oxygen atoms in total. The normalized spacial score (nSPS) is 10.5. The van der Waals surface area contributed by atoms with Gasteiger partial charge < -0.3 is 10.5 Å². The quantitative estimate of drug-likeness (QED) is 0.848. The molecule has 0 atom stereocenters. The Kier molecular flexibility index (Phi) is 4.82. The fourth-order valence-electron chi connectivity index (χ4n) is 1.77. The molecule has 0 unspecified atom stereocenters. The molecule has 0 aliphatic carbocycles. The van der Waals surface area contributed by atoms with E-state index in [0.29, 0.717) is 6.54 Å². The Bertz CT molecular complexity index is 560. The van der Waals surface area contributed by atoms with Gasteiger partial charge in [-0.3, -0.25) is 0 Å². The van der Waals surface area contributed by atoms with Gasteiger partial charge in [0.15, 0.2) is 0 Å². The molecular weight excluding hydrogens is 261 g/mol. The molecule has 0 saturated heterocycles. The molecule has 0 bridgehead atoms. The average molecular weight is 277 g/mol. The summed E-state index contributed by atoms with van der Waals surface area (Å²) in [6.45, 7) is 0.459. The van der Waals surface area contributed by atoms with Crippen molar-refractivity contribution in [3.8, 4) is 5.75 Å². The molecule has 0 amide bonds. The third kappa shape index (κ3) is 3.72. The van der Waals surface area contributed by atoms with Crippen molar-refractivity contribution in [2.75, 3.05) is 7.11 Å². The molecular formula is C15H16FNOS. The lowest BCUT2D eigenvalue weighted by atomic mass is 10.1. The maximum Gasteiger partial charge on any atom is 0.124 e. The van der Waals surface area contributed by atoms with Crippen LogP contribution in [0.5, 0.6) is 5.75 Å². The molecule has 0 radical (unpaired) electrons. The molecule has 0 aromatic heterocycles. The Morgan fingerprint density at radius 3 is 2.74 bits per heavy atom. The van der Waals surface area contributed by atoms with Crippen LogP contribution in [0.1, 0.15) is 11.1 Å². The Morgan fingerprint density at radius 2 is 2.05 bits per heavy atom. The predicted molar refractivity (Wildman–Crippen MR) is 76.8 cm³/mol. The molecule has 2 aromatic rings. The van der Waals surface area contributed by atoms with Gasteiger partial charge in [-0.2, -0.15) is 0 Å². The van der Waals surface area contributed by atoms with Crippen LogP contribution in [-0.4, -0.2) is 7.11 Å². The minimum absolute atomic E-state index is 0.207. The van der Waals surface area contributed by atoms with E-state index in [9.17, 15) is 4.39 Å². The molecule has 19 heavy (non-hydrogen) atoms. The van der Waals surface area contributed by atoms with Crippen molar-refractivity contribution in [2.24, 2.45) is 5.73 Å². The first kappa shape index (κ1) is 13.9. The van der Waals surface area contributed by atoms with Gasteiger partial charge in [0.05, 0.1) is 7.11 Å². The molecule has 0 aliphatic heterocycles. The van der Waals surface area contributed by atoms with Crippen molar-refractivity contribution < 1.29 is 9.13 Å². The molecule has 0 spiro atoms. The van der Waals surface area contributed by atoms with Crippen LogP contribution in [0.2, 0.25) is 0 Å². The summed E-state index contributed by atoms with van der Waals surface area (Å²) in [5, 5.41) is 0. The topological polar surface area (TPSA) is 35.2 Å². The number of hydrogen-bond acceptors (Lipinski definition) is 3. The van der Waals surface area contributed by atoms with Gasteiger partial charge in [0, 0.05) is 22.8 Å². The summed E-state index contributed by atoms with van der Waals surface area (Å²) < 4.78 is 18.4. The number of nitrogens with two attached hydrogens (primary N) is 1. The van der Waals surface area contributed by atoms with E-state index in [1.165, 1.54) is 12.1 Å². The average Bonchev–Trinajstić information content (AvgIpc) is 2.45. The van der Waals surface area contributed by atoms with Gasteiger partial charge >= 0.3 is 0 Å². The van der Waals surface area contributed by atoms with Crippen molar-refractivity contribution in [3.63, 3.8) is 0 Å². The third-order valence-electron chi connectivity index (χ3n) is 2.77. The summed E-state index contributed by atoms with van der Waals surface area (Å²) in [4.78, 5) is 0.918. The third-order valence-corrected chi connectivity index (χ3v) is 3.84. The number of hydrogen-bond donors (Lipinski definition) is 1. The second-order valence-electron chi connectivity index (χ2n) is 4.10. The number of rotatable bonds is 5. The van der Waals surface area contributed by atoms with Gasteiger partial charge in [0.25, 0.3) is 0 Å². The number of benzene rings is 2. The van der Waals surface area contributed by atoms with Gasteiger partial charge in [-0.25, -0.2) is 4.39 Å². The summed E-state index contributed by atoms with van der Waals surface area (Å²) in [6.07, 6.45) is 0. The maximum absolute atomic E-state index is 13.1. The van der Waals surface area contributed by atoms with E-state index in [2.05, 4.69) is 0 Å². The maximum atomic E-state index is 13.1. The number of methoxy groups -OCH3 is 1. The minimum Gasteiger partial charge on any atom is -0.496 e. The van der Waals surface area contributed by atoms with Crippen molar-refractivity contribution in [2.45, 2.75) is 17.2 Å². The fourth-order valence-corrected chi connectivity index (χ4v) is 2.65. The highest BCUT2D eigenvalue weighted by molar-refractivity contribution is 7.98. The first-order chi connectivity index (χ1) is 9.22. The van der Waals surface area contributed by atoms with Gasteiger partial charge in [-0.05, 0) is 29.8 Å². The lowest BCUT2D eigenvalue weighted by Gasteiger charge is -2.09. The fraction of sp³-hybridized carbons (Fsp3) is 0.200. The van der Waals surface area contributed by atoms with E-state index in [1.807, 2.05) is 24.3 Å². The van der Waals surface area contributed by atoms with Gasteiger partial charge in [-0.15, -0.1) is 11.8 Å². The predicted octanol–water partition coefficient (Wildman–Crippen LogP) is 3.59. The van der Waals surface area contributed by atoms with Crippen LogP contribution in [-0.2, 0) is 12.3 Å².